The summed E-state index contributed by atoms with van der Waals surface area (Å²) in [6.45, 7) is 1.66. The van der Waals surface area contributed by atoms with Crippen LogP contribution in [-0.4, -0.2) is 24.5 Å². The predicted molar refractivity (Wildman–Crippen MR) is 93.2 cm³/mol. The molecule has 1 aliphatic rings. The second kappa shape index (κ2) is 7.09. The van der Waals surface area contributed by atoms with Crippen molar-refractivity contribution in [1.82, 2.24) is 10.3 Å². The van der Waals surface area contributed by atoms with Crippen LogP contribution in [-0.2, 0) is 17.8 Å². The van der Waals surface area contributed by atoms with Crippen molar-refractivity contribution < 1.29 is 4.79 Å². The number of hydrogen-bond donors (Lipinski definition) is 1. The molecular weight excluding hydrogens is 286 g/mol. The Hall–Kier alpha value is -2.62. The van der Waals surface area contributed by atoms with E-state index in [-0.39, 0.29) is 5.91 Å². The molecule has 1 aromatic heterocycles. The Morgan fingerprint density at radius 3 is 3.09 bits per heavy atom. The van der Waals surface area contributed by atoms with Crippen molar-refractivity contribution in [1.29, 1.82) is 0 Å². The van der Waals surface area contributed by atoms with Crippen molar-refractivity contribution in [3.63, 3.8) is 0 Å². The van der Waals surface area contributed by atoms with E-state index in [0.717, 1.165) is 24.2 Å². The highest BCUT2D eigenvalue weighted by Crippen LogP contribution is 2.26. The van der Waals surface area contributed by atoms with Gasteiger partial charge in [0.15, 0.2) is 0 Å². The van der Waals surface area contributed by atoms with Crippen LogP contribution in [0.15, 0.2) is 48.7 Å². The summed E-state index contributed by atoms with van der Waals surface area (Å²) in [5.41, 5.74) is 4.59. The Labute approximate surface area is 136 Å². The van der Waals surface area contributed by atoms with Gasteiger partial charge in [-0.05, 0) is 48.2 Å². The molecule has 0 spiro atoms. The molecular formula is C19H21N3O. The number of aromatic nitrogens is 1. The van der Waals surface area contributed by atoms with E-state index in [1.165, 1.54) is 23.7 Å². The van der Waals surface area contributed by atoms with Gasteiger partial charge in [-0.15, -0.1) is 0 Å². The van der Waals surface area contributed by atoms with Crippen LogP contribution < -0.4 is 10.2 Å². The lowest BCUT2D eigenvalue weighted by Gasteiger charge is -2.27. The fraction of sp³-hybridized carbons (Fsp3) is 0.263. The average molecular weight is 307 g/mol. The molecule has 1 aromatic carbocycles. The number of anilines is 1. The maximum atomic E-state index is 11.9. The molecule has 0 bridgehead atoms. The van der Waals surface area contributed by atoms with Crippen molar-refractivity contribution in [3.05, 3.63) is 65.5 Å². The number of carbonyl (C=O) groups is 1. The molecule has 1 aliphatic heterocycles. The number of pyridine rings is 1. The Morgan fingerprint density at radius 2 is 2.26 bits per heavy atom. The van der Waals surface area contributed by atoms with Gasteiger partial charge in [0.25, 0.3) is 0 Å². The Balaban J connectivity index is 1.58. The first-order chi connectivity index (χ1) is 11.2. The molecule has 0 aliphatic carbocycles. The highest BCUT2D eigenvalue weighted by Gasteiger charge is 2.13. The number of rotatable bonds is 4. The first-order valence-electron chi connectivity index (χ1n) is 7.92. The normalized spacial score (nSPS) is 13.9. The third-order valence-corrected chi connectivity index (χ3v) is 4.05. The van der Waals surface area contributed by atoms with Gasteiger partial charge >= 0.3 is 0 Å². The molecule has 2 heterocycles. The Kier molecular flexibility index (Phi) is 4.71. The second-order valence-corrected chi connectivity index (χ2v) is 5.79. The maximum absolute atomic E-state index is 11.9. The quantitative estimate of drug-likeness (QED) is 0.884. The minimum atomic E-state index is -0.106. The summed E-state index contributed by atoms with van der Waals surface area (Å²) in [4.78, 5) is 18.3. The van der Waals surface area contributed by atoms with Crippen LogP contribution >= 0.6 is 0 Å². The molecule has 4 nitrogen and oxygen atoms in total. The smallest absolute Gasteiger partial charge is 0.244 e. The van der Waals surface area contributed by atoms with Crippen molar-refractivity contribution in [3.8, 4) is 0 Å². The number of hydrogen-bond acceptors (Lipinski definition) is 3. The summed E-state index contributed by atoms with van der Waals surface area (Å²) in [7, 11) is 2.13. The summed E-state index contributed by atoms with van der Waals surface area (Å²) in [6, 6.07) is 12.1. The highest BCUT2D eigenvalue weighted by atomic mass is 16.1. The molecule has 1 N–H and O–H groups in total. The minimum Gasteiger partial charge on any atom is -0.374 e. The Morgan fingerprint density at radius 1 is 1.35 bits per heavy atom. The molecule has 0 atom stereocenters. The van der Waals surface area contributed by atoms with E-state index in [1.54, 1.807) is 12.3 Å². The molecule has 23 heavy (non-hydrogen) atoms. The van der Waals surface area contributed by atoms with Crippen LogP contribution in [0.4, 0.5) is 5.69 Å². The number of benzene rings is 1. The van der Waals surface area contributed by atoms with E-state index >= 15 is 0 Å². The highest BCUT2D eigenvalue weighted by molar-refractivity contribution is 5.91. The molecule has 0 radical (unpaired) electrons. The van der Waals surface area contributed by atoms with Gasteiger partial charge in [-0.3, -0.25) is 9.78 Å². The van der Waals surface area contributed by atoms with E-state index < -0.39 is 0 Å². The minimum absolute atomic E-state index is 0.106. The maximum Gasteiger partial charge on any atom is 0.244 e. The number of fused-ring (bicyclic) bond motifs is 1. The largest absolute Gasteiger partial charge is 0.374 e. The van der Waals surface area contributed by atoms with Crippen LogP contribution in [0.2, 0.25) is 0 Å². The monoisotopic (exact) mass is 307 g/mol. The van der Waals surface area contributed by atoms with Crippen molar-refractivity contribution in [2.24, 2.45) is 0 Å². The van der Waals surface area contributed by atoms with E-state index in [4.69, 9.17) is 0 Å². The summed E-state index contributed by atoms with van der Waals surface area (Å²) in [5, 5.41) is 2.92. The molecule has 118 valence electrons. The number of nitrogens with zero attached hydrogens (tertiary/aromatic N) is 2. The van der Waals surface area contributed by atoms with Gasteiger partial charge < -0.3 is 10.2 Å². The number of amides is 1. The summed E-state index contributed by atoms with van der Waals surface area (Å²) in [6.07, 6.45) is 7.25. The third-order valence-electron chi connectivity index (χ3n) is 4.05. The van der Waals surface area contributed by atoms with Crippen LogP contribution in [0.25, 0.3) is 6.08 Å². The first-order valence-corrected chi connectivity index (χ1v) is 7.92. The van der Waals surface area contributed by atoms with Gasteiger partial charge in [-0.1, -0.05) is 18.2 Å². The lowest BCUT2D eigenvalue weighted by Crippen LogP contribution is -2.25. The number of carbonyl (C=O) groups excluding carboxylic acids is 1. The number of aryl methyl sites for hydroxylation is 1. The summed E-state index contributed by atoms with van der Waals surface area (Å²) in [5.74, 6) is -0.106. The van der Waals surface area contributed by atoms with Gasteiger partial charge in [0.05, 0.1) is 5.69 Å². The molecule has 2 aromatic rings. The van der Waals surface area contributed by atoms with Crippen LogP contribution in [0.3, 0.4) is 0 Å². The van der Waals surface area contributed by atoms with Crippen molar-refractivity contribution >= 4 is 17.7 Å². The van der Waals surface area contributed by atoms with Gasteiger partial charge in [-0.25, -0.2) is 0 Å². The van der Waals surface area contributed by atoms with Crippen LogP contribution in [0.5, 0.6) is 0 Å². The van der Waals surface area contributed by atoms with Gasteiger partial charge in [0, 0.05) is 38.1 Å². The standard InChI is InChI=1S/C19H21N3O/c1-22-12-4-5-16-13-15(7-9-18(16)22)14-21-19(23)10-8-17-6-2-3-11-20-17/h2-3,6-11,13H,4-5,12,14H2,1H3,(H,21,23). The van der Waals surface area contributed by atoms with Gasteiger partial charge in [0.1, 0.15) is 0 Å². The third kappa shape index (κ3) is 3.97. The Bertz CT molecular complexity index is 710. The predicted octanol–water partition coefficient (Wildman–Crippen LogP) is 2.79. The van der Waals surface area contributed by atoms with E-state index in [2.05, 4.69) is 40.4 Å². The second-order valence-electron chi connectivity index (χ2n) is 5.79. The zero-order valence-corrected chi connectivity index (χ0v) is 13.3. The lowest BCUT2D eigenvalue weighted by atomic mass is 9.99. The fourth-order valence-electron chi connectivity index (χ4n) is 2.83. The van der Waals surface area contributed by atoms with Crippen LogP contribution in [0, 0.1) is 0 Å². The van der Waals surface area contributed by atoms with E-state index in [1.807, 2.05) is 18.2 Å². The molecule has 0 saturated carbocycles. The average Bonchev–Trinajstić information content (AvgIpc) is 2.59. The van der Waals surface area contributed by atoms with Crippen molar-refractivity contribution in [2.45, 2.75) is 19.4 Å². The van der Waals surface area contributed by atoms with Gasteiger partial charge in [0.2, 0.25) is 5.91 Å². The lowest BCUT2D eigenvalue weighted by molar-refractivity contribution is -0.116. The van der Waals surface area contributed by atoms with Crippen molar-refractivity contribution in [2.75, 3.05) is 18.5 Å². The molecule has 3 rings (SSSR count). The molecule has 0 fully saturated rings. The fourth-order valence-corrected chi connectivity index (χ4v) is 2.83. The van der Waals surface area contributed by atoms with Crippen LogP contribution in [0.1, 0.15) is 23.2 Å². The number of nitrogens with one attached hydrogen (secondary N) is 1. The molecule has 0 unspecified atom stereocenters. The molecule has 1 amide bonds. The van der Waals surface area contributed by atoms with E-state index in [0.29, 0.717) is 6.54 Å². The topological polar surface area (TPSA) is 45.2 Å². The zero-order chi connectivity index (χ0) is 16.1. The summed E-state index contributed by atoms with van der Waals surface area (Å²) < 4.78 is 0. The summed E-state index contributed by atoms with van der Waals surface area (Å²) >= 11 is 0. The zero-order valence-electron chi connectivity index (χ0n) is 13.3. The molecule has 0 saturated heterocycles. The van der Waals surface area contributed by atoms with E-state index in [9.17, 15) is 4.79 Å². The molecule has 4 heteroatoms. The SMILES string of the molecule is CN1CCCc2cc(CNC(=O)C=Cc3ccccn3)ccc21. The first kappa shape index (κ1) is 15.3. The van der Waals surface area contributed by atoms with Gasteiger partial charge in [-0.2, -0.15) is 0 Å².